The van der Waals surface area contributed by atoms with E-state index in [4.69, 9.17) is 5.73 Å². The zero-order chi connectivity index (χ0) is 15.8. The van der Waals surface area contributed by atoms with Crippen LogP contribution in [0.15, 0.2) is 22.7 Å². The Balaban J connectivity index is 2.40. The number of nitrogens with zero attached hydrogens (tertiary/aromatic N) is 1. The van der Waals surface area contributed by atoms with E-state index in [0.29, 0.717) is 21.6 Å². The lowest BCUT2D eigenvalue weighted by Crippen LogP contribution is -2.06. The highest BCUT2D eigenvalue weighted by Crippen LogP contribution is 2.35. The monoisotopic (exact) mass is 378 g/mol. The molecule has 0 saturated heterocycles. The SMILES string of the molecule is CC(C)c1nc(N)sc1Cc1cc(C(F)(F)F)ccc1Br. The van der Waals surface area contributed by atoms with Crippen LogP contribution in [0.25, 0.3) is 0 Å². The molecule has 1 aromatic carbocycles. The van der Waals surface area contributed by atoms with Gasteiger partial charge in [0.25, 0.3) is 0 Å². The number of aromatic nitrogens is 1. The first kappa shape index (κ1) is 16.3. The number of halogens is 4. The molecule has 0 fully saturated rings. The second kappa shape index (κ2) is 5.96. The van der Waals surface area contributed by atoms with Crippen molar-refractivity contribution in [2.45, 2.75) is 32.4 Å². The molecule has 7 heteroatoms. The van der Waals surface area contributed by atoms with E-state index in [0.717, 1.165) is 16.6 Å². The predicted molar refractivity (Wildman–Crippen MR) is 82.6 cm³/mol. The minimum Gasteiger partial charge on any atom is -0.375 e. The van der Waals surface area contributed by atoms with Gasteiger partial charge < -0.3 is 5.73 Å². The average Bonchev–Trinajstić information content (AvgIpc) is 2.72. The van der Waals surface area contributed by atoms with Gasteiger partial charge in [0.2, 0.25) is 0 Å². The molecule has 0 radical (unpaired) electrons. The molecule has 2 N–H and O–H groups in total. The fourth-order valence-corrected chi connectivity index (χ4v) is 3.42. The minimum atomic E-state index is -4.34. The van der Waals surface area contributed by atoms with Crippen LogP contribution >= 0.6 is 27.3 Å². The Morgan fingerprint density at radius 3 is 2.57 bits per heavy atom. The molecular weight excluding hydrogens is 365 g/mol. The molecule has 2 nitrogen and oxygen atoms in total. The number of thiazole rings is 1. The maximum Gasteiger partial charge on any atom is 0.416 e. The Labute approximate surface area is 133 Å². The van der Waals surface area contributed by atoms with Gasteiger partial charge in [0.1, 0.15) is 0 Å². The van der Waals surface area contributed by atoms with Gasteiger partial charge >= 0.3 is 6.18 Å². The Hall–Kier alpha value is -1.08. The molecule has 1 heterocycles. The van der Waals surface area contributed by atoms with Gasteiger partial charge in [-0.05, 0) is 29.7 Å². The molecule has 0 bridgehead atoms. The molecule has 0 saturated carbocycles. The second-order valence-corrected chi connectivity index (χ2v) is 6.97. The number of anilines is 1. The van der Waals surface area contributed by atoms with Gasteiger partial charge in [-0.1, -0.05) is 29.8 Å². The quantitative estimate of drug-likeness (QED) is 0.794. The van der Waals surface area contributed by atoms with Crippen molar-refractivity contribution in [1.29, 1.82) is 0 Å². The highest BCUT2D eigenvalue weighted by molar-refractivity contribution is 9.10. The average molecular weight is 379 g/mol. The summed E-state index contributed by atoms with van der Waals surface area (Å²) in [4.78, 5) is 5.17. The number of hydrogen-bond donors (Lipinski definition) is 1. The third kappa shape index (κ3) is 3.77. The van der Waals surface area contributed by atoms with Crippen LogP contribution in [0.1, 0.15) is 41.5 Å². The molecule has 114 valence electrons. The molecule has 0 spiro atoms. The maximum atomic E-state index is 12.8. The second-order valence-electron chi connectivity index (χ2n) is 5.00. The van der Waals surface area contributed by atoms with Gasteiger partial charge in [-0.2, -0.15) is 13.2 Å². The van der Waals surface area contributed by atoms with Gasteiger partial charge in [0, 0.05) is 15.8 Å². The highest BCUT2D eigenvalue weighted by Gasteiger charge is 2.31. The number of benzene rings is 1. The van der Waals surface area contributed by atoms with Crippen molar-refractivity contribution < 1.29 is 13.2 Å². The maximum absolute atomic E-state index is 12.8. The van der Waals surface area contributed by atoms with Crippen molar-refractivity contribution in [3.05, 3.63) is 44.4 Å². The van der Waals surface area contributed by atoms with Crippen molar-refractivity contribution in [3.63, 3.8) is 0 Å². The van der Waals surface area contributed by atoms with Gasteiger partial charge in [-0.15, -0.1) is 11.3 Å². The number of hydrogen-bond acceptors (Lipinski definition) is 3. The number of rotatable bonds is 3. The van der Waals surface area contributed by atoms with E-state index < -0.39 is 11.7 Å². The number of alkyl halides is 3. The predicted octanol–water partition coefficient (Wildman–Crippen LogP) is 5.22. The smallest absolute Gasteiger partial charge is 0.375 e. The van der Waals surface area contributed by atoms with Crippen LogP contribution in [-0.2, 0) is 12.6 Å². The van der Waals surface area contributed by atoms with Crippen molar-refractivity contribution >= 4 is 32.4 Å². The van der Waals surface area contributed by atoms with E-state index in [-0.39, 0.29) is 5.92 Å². The van der Waals surface area contributed by atoms with Gasteiger partial charge in [0.05, 0.1) is 11.3 Å². The lowest BCUT2D eigenvalue weighted by molar-refractivity contribution is -0.137. The van der Waals surface area contributed by atoms with Gasteiger partial charge in [-0.25, -0.2) is 4.98 Å². The minimum absolute atomic E-state index is 0.179. The summed E-state index contributed by atoms with van der Waals surface area (Å²) in [6, 6.07) is 3.67. The molecule has 0 amide bonds. The topological polar surface area (TPSA) is 38.9 Å². The highest BCUT2D eigenvalue weighted by atomic mass is 79.9. The van der Waals surface area contributed by atoms with E-state index >= 15 is 0 Å². The normalized spacial score (nSPS) is 12.1. The van der Waals surface area contributed by atoms with E-state index in [9.17, 15) is 13.2 Å². The standard InChI is InChI=1S/C14H14BrF3N2S/c1-7(2)12-11(21-13(19)20-12)6-8-5-9(14(16,17)18)3-4-10(8)15/h3-5,7H,6H2,1-2H3,(H2,19,20). The van der Waals surface area contributed by atoms with Crippen LogP contribution in [0.2, 0.25) is 0 Å². The first-order valence-corrected chi connectivity index (χ1v) is 7.90. The zero-order valence-corrected chi connectivity index (χ0v) is 13.9. The van der Waals surface area contributed by atoms with Crippen molar-refractivity contribution in [2.24, 2.45) is 0 Å². The summed E-state index contributed by atoms with van der Waals surface area (Å²) < 4.78 is 39.1. The van der Waals surface area contributed by atoms with E-state index in [1.165, 1.54) is 23.5 Å². The number of nitrogens with two attached hydrogens (primary N) is 1. The van der Waals surface area contributed by atoms with Crippen molar-refractivity contribution in [2.75, 3.05) is 5.73 Å². The van der Waals surface area contributed by atoms with Crippen LogP contribution in [0.5, 0.6) is 0 Å². The van der Waals surface area contributed by atoms with Gasteiger partial charge in [-0.3, -0.25) is 0 Å². The summed E-state index contributed by atoms with van der Waals surface area (Å²) in [5.74, 6) is 0.179. The van der Waals surface area contributed by atoms with Crippen molar-refractivity contribution in [1.82, 2.24) is 4.98 Å². The Bertz CT molecular complexity index is 650. The van der Waals surface area contributed by atoms with Crippen LogP contribution in [0.4, 0.5) is 18.3 Å². The van der Waals surface area contributed by atoms with Crippen LogP contribution in [0.3, 0.4) is 0 Å². The molecular formula is C14H14BrF3N2S. The number of nitrogen functional groups attached to an aromatic ring is 1. The van der Waals surface area contributed by atoms with E-state index in [2.05, 4.69) is 20.9 Å². The molecule has 0 aliphatic rings. The molecule has 0 atom stereocenters. The molecule has 0 unspecified atom stereocenters. The Morgan fingerprint density at radius 1 is 1.33 bits per heavy atom. The fraction of sp³-hybridized carbons (Fsp3) is 0.357. The summed E-state index contributed by atoms with van der Waals surface area (Å²) >= 11 is 4.63. The molecule has 0 aliphatic heterocycles. The summed E-state index contributed by atoms with van der Waals surface area (Å²) in [5.41, 5.74) is 6.50. The summed E-state index contributed by atoms with van der Waals surface area (Å²) in [6.45, 7) is 3.97. The summed E-state index contributed by atoms with van der Waals surface area (Å²) in [5, 5.41) is 0.441. The Morgan fingerprint density at radius 2 is 2.00 bits per heavy atom. The van der Waals surface area contributed by atoms with Crippen LogP contribution < -0.4 is 5.73 Å². The van der Waals surface area contributed by atoms with Gasteiger partial charge in [0.15, 0.2) is 5.13 Å². The molecule has 1 aromatic heterocycles. The summed E-state index contributed by atoms with van der Waals surface area (Å²) in [7, 11) is 0. The molecule has 2 aromatic rings. The summed E-state index contributed by atoms with van der Waals surface area (Å²) in [6.07, 6.45) is -3.96. The largest absolute Gasteiger partial charge is 0.416 e. The first-order chi connectivity index (χ1) is 9.68. The lowest BCUT2D eigenvalue weighted by Gasteiger charge is -2.11. The Kier molecular flexibility index (Phi) is 4.63. The molecule has 0 aliphatic carbocycles. The zero-order valence-electron chi connectivity index (χ0n) is 11.5. The third-order valence-electron chi connectivity index (χ3n) is 3.02. The third-order valence-corrected chi connectivity index (χ3v) is 4.69. The lowest BCUT2D eigenvalue weighted by atomic mass is 10.0. The molecule has 2 rings (SSSR count). The fourth-order valence-electron chi connectivity index (χ4n) is 2.02. The van der Waals surface area contributed by atoms with Crippen LogP contribution in [-0.4, -0.2) is 4.98 Å². The van der Waals surface area contributed by atoms with E-state index in [1.807, 2.05) is 13.8 Å². The first-order valence-electron chi connectivity index (χ1n) is 6.29. The van der Waals surface area contributed by atoms with Crippen LogP contribution in [0, 0.1) is 0 Å². The van der Waals surface area contributed by atoms with E-state index in [1.54, 1.807) is 0 Å². The van der Waals surface area contributed by atoms with Crippen molar-refractivity contribution in [3.8, 4) is 0 Å². The molecule has 21 heavy (non-hydrogen) atoms.